The molecule has 3 aliphatic rings. The fraction of sp³-hybridized carbons (Fsp3) is 0.730. The van der Waals surface area contributed by atoms with E-state index in [-0.39, 0.29) is 40.6 Å². The van der Waals surface area contributed by atoms with Crippen LogP contribution in [0, 0.1) is 28.1 Å². The first kappa shape index (κ1) is 35.0. The van der Waals surface area contributed by atoms with E-state index in [1.807, 2.05) is 24.3 Å². The number of carbonyl (C=O) groups excluding carboxylic acids is 2. The zero-order valence-electron chi connectivity index (χ0n) is 30.3. The van der Waals surface area contributed by atoms with Crippen molar-refractivity contribution in [3.05, 3.63) is 41.2 Å². The van der Waals surface area contributed by atoms with Crippen molar-refractivity contribution >= 4 is 17.6 Å². The Morgan fingerprint density at radius 2 is 1.53 bits per heavy atom. The number of hydrogen-bond donors (Lipinski definition) is 2. The Morgan fingerprint density at radius 1 is 0.936 bits per heavy atom. The number of rotatable bonds is 7. The number of piperidine rings is 1. The van der Waals surface area contributed by atoms with E-state index >= 15 is 0 Å². The van der Waals surface area contributed by atoms with Crippen LogP contribution in [0.25, 0.3) is 0 Å². The number of nitrogens with zero attached hydrogens (tertiary/aromatic N) is 6. The summed E-state index contributed by atoms with van der Waals surface area (Å²) in [5, 5.41) is 16.6. The van der Waals surface area contributed by atoms with Crippen LogP contribution in [0.3, 0.4) is 0 Å². The van der Waals surface area contributed by atoms with Crippen LogP contribution in [-0.4, -0.2) is 66.8 Å². The average Bonchev–Trinajstić information content (AvgIpc) is 3.62. The first-order valence-corrected chi connectivity index (χ1v) is 17.8. The number of aliphatic imine (C=N–C) groups is 1. The zero-order valence-corrected chi connectivity index (χ0v) is 30.3. The normalized spacial score (nSPS) is 23.7. The monoisotopic (exact) mass is 646 g/mol. The standard InChI is InChI=1S/C37H58N8O2/c1-34(2,3)19-16-29(25-10-12-26(13-11-25)32(46)38-24-30-40-42-43-41-30)45-33(47)31(44-22-17-28(18-23-44)36(7,8)9)39-37(45)20-14-27(15-21-37)35(4,5)6/h10-13,27-29H,14-24H2,1-9H3,(H,38,46)(H,40,41,42,43)/t27?,29-,37?/m1/s1. The molecule has 1 spiro atoms. The van der Waals surface area contributed by atoms with E-state index in [1.165, 1.54) is 0 Å². The van der Waals surface area contributed by atoms with Crippen molar-refractivity contribution < 1.29 is 9.59 Å². The Balaban J connectivity index is 1.45. The number of H-pyrrole nitrogens is 1. The second-order valence-electron chi connectivity index (χ2n) is 17.6. The number of aromatic nitrogens is 4. The molecule has 1 aliphatic carbocycles. The zero-order chi connectivity index (χ0) is 34.2. The molecule has 47 heavy (non-hydrogen) atoms. The second-order valence-corrected chi connectivity index (χ2v) is 17.6. The molecule has 3 heterocycles. The maximum Gasteiger partial charge on any atom is 0.291 e. The summed E-state index contributed by atoms with van der Waals surface area (Å²) in [5.41, 5.74) is 1.66. The fourth-order valence-electron chi connectivity index (χ4n) is 7.88. The van der Waals surface area contributed by atoms with Crippen molar-refractivity contribution in [2.75, 3.05) is 13.1 Å². The molecule has 10 heteroatoms. The highest BCUT2D eigenvalue weighted by atomic mass is 16.2. The predicted molar refractivity (Wildman–Crippen MR) is 185 cm³/mol. The van der Waals surface area contributed by atoms with Crippen molar-refractivity contribution in [3.8, 4) is 0 Å². The molecule has 2 N–H and O–H groups in total. The number of benzene rings is 1. The van der Waals surface area contributed by atoms with Crippen LogP contribution in [0.4, 0.5) is 0 Å². The molecule has 2 aliphatic heterocycles. The van der Waals surface area contributed by atoms with Gasteiger partial charge in [0.2, 0.25) is 0 Å². The van der Waals surface area contributed by atoms with Crippen molar-refractivity contribution in [2.45, 2.75) is 132 Å². The van der Waals surface area contributed by atoms with E-state index in [0.29, 0.717) is 29.1 Å². The van der Waals surface area contributed by atoms with Crippen LogP contribution in [0.5, 0.6) is 0 Å². The van der Waals surface area contributed by atoms with Gasteiger partial charge >= 0.3 is 0 Å². The SMILES string of the molecule is CC(C)(C)CC[C@H](c1ccc(C(=O)NCc2nn[nH]n2)cc1)N1C(=O)C(N2CCC(C(C)(C)C)CC2)=NC12CCC(C(C)(C)C)CC2. The van der Waals surface area contributed by atoms with Crippen LogP contribution < -0.4 is 5.32 Å². The van der Waals surface area contributed by atoms with Gasteiger partial charge in [-0.3, -0.25) is 9.59 Å². The van der Waals surface area contributed by atoms with Crippen molar-refractivity contribution in [3.63, 3.8) is 0 Å². The summed E-state index contributed by atoms with van der Waals surface area (Å²) in [6.45, 7) is 22.8. The Morgan fingerprint density at radius 3 is 2.06 bits per heavy atom. The largest absolute Gasteiger partial charge is 0.352 e. The van der Waals surface area contributed by atoms with Gasteiger partial charge < -0.3 is 15.1 Å². The summed E-state index contributed by atoms with van der Waals surface area (Å²) < 4.78 is 0. The first-order valence-electron chi connectivity index (χ1n) is 17.8. The Labute approximate surface area is 281 Å². The van der Waals surface area contributed by atoms with E-state index in [1.54, 1.807) is 0 Å². The van der Waals surface area contributed by atoms with Gasteiger partial charge in [0.15, 0.2) is 11.7 Å². The Bertz CT molecular complexity index is 1400. The lowest BCUT2D eigenvalue weighted by molar-refractivity contribution is -0.134. The third-order valence-electron chi connectivity index (χ3n) is 11.0. The first-order chi connectivity index (χ1) is 22.0. The average molecular weight is 647 g/mol. The van der Waals surface area contributed by atoms with Gasteiger partial charge in [-0.05, 0) is 97.1 Å². The highest BCUT2D eigenvalue weighted by Gasteiger charge is 2.54. The fourth-order valence-corrected chi connectivity index (χ4v) is 7.88. The third kappa shape index (κ3) is 8.06. The molecule has 0 bridgehead atoms. The van der Waals surface area contributed by atoms with Gasteiger partial charge in [-0.25, -0.2) is 4.99 Å². The highest BCUT2D eigenvalue weighted by Crippen LogP contribution is 2.50. The molecule has 1 aromatic heterocycles. The number of carbonyl (C=O) groups is 2. The molecule has 1 saturated heterocycles. The molecule has 2 aromatic rings. The van der Waals surface area contributed by atoms with Gasteiger partial charge in [-0.1, -0.05) is 79.7 Å². The predicted octanol–water partition coefficient (Wildman–Crippen LogP) is 6.93. The van der Waals surface area contributed by atoms with Gasteiger partial charge in [0.25, 0.3) is 11.8 Å². The lowest BCUT2D eigenvalue weighted by Gasteiger charge is -2.47. The molecular weight excluding hydrogens is 588 g/mol. The number of amidine groups is 1. The number of nitrogens with one attached hydrogen (secondary N) is 2. The lowest BCUT2D eigenvalue weighted by Crippen LogP contribution is -2.52. The molecular formula is C37H58N8O2. The second kappa shape index (κ2) is 13.3. The highest BCUT2D eigenvalue weighted by molar-refractivity contribution is 6.39. The van der Waals surface area contributed by atoms with Gasteiger partial charge in [-0.15, -0.1) is 10.2 Å². The molecule has 258 valence electrons. The number of amides is 2. The minimum atomic E-state index is -0.543. The molecule has 1 saturated carbocycles. The van der Waals surface area contributed by atoms with E-state index in [2.05, 4.69) is 98.1 Å². The minimum absolute atomic E-state index is 0.0780. The summed E-state index contributed by atoms with van der Waals surface area (Å²) in [4.78, 5) is 37.7. The van der Waals surface area contributed by atoms with Crippen LogP contribution in [-0.2, 0) is 11.3 Å². The van der Waals surface area contributed by atoms with Crippen molar-refractivity contribution in [1.82, 2.24) is 35.7 Å². The lowest BCUT2D eigenvalue weighted by atomic mass is 9.69. The maximum atomic E-state index is 14.8. The van der Waals surface area contributed by atoms with Crippen LogP contribution in [0.15, 0.2) is 29.3 Å². The summed E-state index contributed by atoms with van der Waals surface area (Å²) in [7, 11) is 0. The number of likely N-dealkylation sites (tertiary alicyclic amines) is 1. The molecule has 1 aromatic carbocycles. The van der Waals surface area contributed by atoms with Crippen LogP contribution in [0.2, 0.25) is 0 Å². The molecule has 2 amide bonds. The van der Waals surface area contributed by atoms with Crippen molar-refractivity contribution in [1.29, 1.82) is 0 Å². The van der Waals surface area contributed by atoms with E-state index in [4.69, 9.17) is 4.99 Å². The molecule has 5 rings (SSSR count). The summed E-state index contributed by atoms with van der Waals surface area (Å²) in [5.74, 6) is 2.22. The van der Waals surface area contributed by atoms with Gasteiger partial charge in [0.05, 0.1) is 12.6 Å². The molecule has 1 atom stereocenters. The smallest absolute Gasteiger partial charge is 0.291 e. The van der Waals surface area contributed by atoms with Crippen LogP contribution >= 0.6 is 0 Å². The number of hydrogen-bond acceptors (Lipinski definition) is 7. The van der Waals surface area contributed by atoms with Gasteiger partial charge in [0, 0.05) is 18.7 Å². The van der Waals surface area contributed by atoms with Gasteiger partial charge in [-0.2, -0.15) is 5.21 Å². The molecule has 0 unspecified atom stereocenters. The quantitative estimate of drug-likeness (QED) is 0.337. The maximum absolute atomic E-state index is 14.8. The van der Waals surface area contributed by atoms with E-state index in [9.17, 15) is 9.59 Å². The van der Waals surface area contributed by atoms with E-state index < -0.39 is 5.66 Å². The van der Waals surface area contributed by atoms with Crippen LogP contribution in [0.1, 0.15) is 141 Å². The number of tetrazole rings is 1. The minimum Gasteiger partial charge on any atom is -0.352 e. The summed E-state index contributed by atoms with van der Waals surface area (Å²) in [6.07, 6.45) is 7.83. The van der Waals surface area contributed by atoms with E-state index in [0.717, 1.165) is 70.0 Å². The summed E-state index contributed by atoms with van der Waals surface area (Å²) >= 11 is 0. The number of aromatic amines is 1. The summed E-state index contributed by atoms with van der Waals surface area (Å²) in [6, 6.07) is 7.66. The molecule has 2 fully saturated rings. The van der Waals surface area contributed by atoms with Crippen molar-refractivity contribution in [2.24, 2.45) is 33.1 Å². The molecule has 10 nitrogen and oxygen atoms in total. The Hall–Kier alpha value is -3.30. The topological polar surface area (TPSA) is 119 Å². The third-order valence-corrected chi connectivity index (χ3v) is 11.0. The molecule has 0 radical (unpaired) electrons. The Kier molecular flexibility index (Phi) is 9.91. The van der Waals surface area contributed by atoms with Gasteiger partial charge in [0.1, 0.15) is 5.66 Å².